The molecule has 150 valence electrons. The fraction of sp³-hybridized carbons (Fsp3) is 0.476. The Balaban J connectivity index is 1.95. The Morgan fingerprint density at radius 2 is 1.89 bits per heavy atom. The van der Waals surface area contributed by atoms with Crippen LogP contribution in [-0.2, 0) is 0 Å². The number of aromatic nitrogens is 3. The van der Waals surface area contributed by atoms with Crippen molar-refractivity contribution in [1.82, 2.24) is 19.7 Å². The van der Waals surface area contributed by atoms with Gasteiger partial charge in [-0.15, -0.1) is 0 Å². The van der Waals surface area contributed by atoms with Crippen LogP contribution >= 0.6 is 11.3 Å². The van der Waals surface area contributed by atoms with Crippen LogP contribution in [0.15, 0.2) is 30.3 Å². The fourth-order valence-corrected chi connectivity index (χ4v) is 4.28. The number of para-hydroxylation sites is 1. The van der Waals surface area contributed by atoms with Crippen LogP contribution < -0.4 is 4.90 Å². The van der Waals surface area contributed by atoms with E-state index in [0.29, 0.717) is 12.2 Å². The average Bonchev–Trinajstić information content (AvgIpc) is 3.28. The lowest BCUT2D eigenvalue weighted by atomic mass is 10.3. The monoisotopic (exact) mass is 399 g/mol. The maximum absolute atomic E-state index is 13.4. The molecule has 0 fully saturated rings. The Kier molecular flexibility index (Phi) is 6.46. The van der Waals surface area contributed by atoms with Gasteiger partial charge >= 0.3 is 0 Å². The third-order valence-electron chi connectivity index (χ3n) is 4.92. The second-order valence-corrected chi connectivity index (χ2v) is 8.17. The van der Waals surface area contributed by atoms with E-state index in [4.69, 9.17) is 4.98 Å². The minimum Gasteiger partial charge on any atom is -0.302 e. The molecule has 28 heavy (non-hydrogen) atoms. The third kappa shape index (κ3) is 4.25. The first-order valence-corrected chi connectivity index (χ1v) is 10.7. The molecule has 0 atom stereocenters. The summed E-state index contributed by atoms with van der Waals surface area (Å²) in [5.41, 5.74) is 2.39. The molecule has 0 spiro atoms. The third-order valence-corrected chi connectivity index (χ3v) is 5.98. The molecule has 0 saturated carbocycles. The fourth-order valence-electron chi connectivity index (χ4n) is 3.29. The van der Waals surface area contributed by atoms with Crippen molar-refractivity contribution in [1.29, 1.82) is 0 Å². The molecule has 0 aliphatic heterocycles. The van der Waals surface area contributed by atoms with E-state index in [1.54, 1.807) is 16.2 Å². The van der Waals surface area contributed by atoms with Gasteiger partial charge in [-0.05, 0) is 52.1 Å². The molecule has 6 nitrogen and oxygen atoms in total. The molecule has 3 rings (SSSR count). The lowest BCUT2D eigenvalue weighted by molar-refractivity contribution is 0.0978. The number of hydrogen-bond acceptors (Lipinski definition) is 5. The number of amides is 1. The van der Waals surface area contributed by atoms with Crippen LogP contribution in [0.3, 0.4) is 0 Å². The maximum Gasteiger partial charge on any atom is 0.280 e. The molecular weight excluding hydrogens is 370 g/mol. The molecule has 0 aliphatic carbocycles. The second kappa shape index (κ2) is 8.84. The van der Waals surface area contributed by atoms with E-state index in [-0.39, 0.29) is 11.9 Å². The first-order valence-electron chi connectivity index (χ1n) is 9.90. The molecule has 1 aromatic carbocycles. The lowest BCUT2D eigenvalue weighted by Gasteiger charge is -2.24. The van der Waals surface area contributed by atoms with E-state index in [1.165, 1.54) is 0 Å². The number of carbonyl (C=O) groups is 1. The Hall–Kier alpha value is -2.25. The second-order valence-electron chi connectivity index (χ2n) is 7.16. The van der Waals surface area contributed by atoms with E-state index in [2.05, 4.69) is 37.7 Å². The van der Waals surface area contributed by atoms with Crippen LogP contribution in [0.5, 0.6) is 0 Å². The predicted molar refractivity (Wildman–Crippen MR) is 116 cm³/mol. The molecule has 1 amide bonds. The van der Waals surface area contributed by atoms with Crippen LogP contribution in [0.4, 0.5) is 5.13 Å². The summed E-state index contributed by atoms with van der Waals surface area (Å²) in [6, 6.07) is 10.1. The van der Waals surface area contributed by atoms with Crippen molar-refractivity contribution in [2.45, 2.75) is 40.7 Å². The van der Waals surface area contributed by atoms with E-state index in [0.717, 1.165) is 40.7 Å². The van der Waals surface area contributed by atoms with Gasteiger partial charge in [-0.3, -0.25) is 14.4 Å². The molecule has 3 aromatic rings. The van der Waals surface area contributed by atoms with Crippen molar-refractivity contribution in [3.05, 3.63) is 41.7 Å². The summed E-state index contributed by atoms with van der Waals surface area (Å²) < 4.78 is 2.98. The quantitative estimate of drug-likeness (QED) is 0.564. The first-order chi connectivity index (χ1) is 13.4. The zero-order valence-corrected chi connectivity index (χ0v) is 18.2. The van der Waals surface area contributed by atoms with Gasteiger partial charge < -0.3 is 4.90 Å². The van der Waals surface area contributed by atoms with Gasteiger partial charge in [-0.1, -0.05) is 37.3 Å². The molecule has 0 N–H and O–H groups in total. The molecule has 2 aromatic heterocycles. The normalized spacial score (nSPS) is 11.7. The smallest absolute Gasteiger partial charge is 0.280 e. The summed E-state index contributed by atoms with van der Waals surface area (Å²) >= 11 is 1.55. The highest BCUT2D eigenvalue weighted by Crippen LogP contribution is 2.29. The van der Waals surface area contributed by atoms with Crippen LogP contribution in [-0.4, -0.2) is 51.8 Å². The van der Waals surface area contributed by atoms with Crippen molar-refractivity contribution in [3.63, 3.8) is 0 Å². The van der Waals surface area contributed by atoms with Gasteiger partial charge in [0.15, 0.2) is 10.8 Å². The highest BCUT2D eigenvalue weighted by Gasteiger charge is 2.24. The summed E-state index contributed by atoms with van der Waals surface area (Å²) in [5.74, 6) is -0.0892. The summed E-state index contributed by atoms with van der Waals surface area (Å²) in [6.45, 7) is 13.7. The summed E-state index contributed by atoms with van der Waals surface area (Å²) in [4.78, 5) is 22.2. The van der Waals surface area contributed by atoms with Crippen LogP contribution in [0.1, 0.15) is 49.9 Å². The van der Waals surface area contributed by atoms with Crippen molar-refractivity contribution in [2.24, 2.45) is 0 Å². The van der Waals surface area contributed by atoms with Gasteiger partial charge in [-0.2, -0.15) is 5.10 Å². The molecule has 0 radical (unpaired) electrons. The van der Waals surface area contributed by atoms with Crippen molar-refractivity contribution in [2.75, 3.05) is 31.1 Å². The minimum absolute atomic E-state index is 0.0892. The summed E-state index contributed by atoms with van der Waals surface area (Å²) in [5, 5.41) is 5.30. The Labute approximate surface area is 170 Å². The number of anilines is 1. The predicted octanol–water partition coefficient (Wildman–Crippen LogP) is 4.37. The SMILES string of the molecule is CCN(CC)CCN(C(=O)c1cc(C)n(C(C)C)n1)c1nc2ccccc2s1. The van der Waals surface area contributed by atoms with Gasteiger partial charge in [0, 0.05) is 24.8 Å². The molecule has 0 unspecified atom stereocenters. The van der Waals surface area contributed by atoms with E-state index in [1.807, 2.05) is 41.9 Å². The van der Waals surface area contributed by atoms with Gasteiger partial charge in [0.05, 0.1) is 10.2 Å². The number of benzene rings is 1. The first kappa shape index (κ1) is 20.5. The van der Waals surface area contributed by atoms with E-state index >= 15 is 0 Å². The van der Waals surface area contributed by atoms with Gasteiger partial charge in [0.25, 0.3) is 5.91 Å². The minimum atomic E-state index is -0.0892. The molecule has 2 heterocycles. The number of nitrogens with zero attached hydrogens (tertiary/aromatic N) is 5. The summed E-state index contributed by atoms with van der Waals surface area (Å²) in [7, 11) is 0. The Morgan fingerprint density at radius 3 is 2.50 bits per heavy atom. The lowest BCUT2D eigenvalue weighted by Crippen LogP contribution is -2.39. The number of aryl methyl sites for hydroxylation is 1. The van der Waals surface area contributed by atoms with Crippen molar-refractivity contribution < 1.29 is 4.79 Å². The van der Waals surface area contributed by atoms with Gasteiger partial charge in [0.1, 0.15) is 0 Å². The number of rotatable bonds is 8. The van der Waals surface area contributed by atoms with Gasteiger partial charge in [-0.25, -0.2) is 4.98 Å². The van der Waals surface area contributed by atoms with Crippen LogP contribution in [0.25, 0.3) is 10.2 Å². The van der Waals surface area contributed by atoms with E-state index < -0.39 is 0 Å². The number of fused-ring (bicyclic) bond motifs is 1. The summed E-state index contributed by atoms with van der Waals surface area (Å²) in [6.07, 6.45) is 0. The van der Waals surface area contributed by atoms with E-state index in [9.17, 15) is 4.79 Å². The number of carbonyl (C=O) groups excluding carboxylic acids is 1. The average molecular weight is 400 g/mol. The molecule has 7 heteroatoms. The highest BCUT2D eigenvalue weighted by atomic mass is 32.1. The molecule has 0 saturated heterocycles. The zero-order chi connectivity index (χ0) is 20.3. The largest absolute Gasteiger partial charge is 0.302 e. The van der Waals surface area contributed by atoms with Crippen LogP contribution in [0, 0.1) is 6.92 Å². The van der Waals surface area contributed by atoms with Gasteiger partial charge in [0.2, 0.25) is 0 Å². The molecule has 0 bridgehead atoms. The Morgan fingerprint density at radius 1 is 1.18 bits per heavy atom. The highest BCUT2D eigenvalue weighted by molar-refractivity contribution is 7.22. The maximum atomic E-state index is 13.4. The van der Waals surface area contributed by atoms with Crippen molar-refractivity contribution >= 4 is 32.6 Å². The number of likely N-dealkylation sites (N-methyl/N-ethyl adjacent to an activating group) is 1. The Bertz CT molecular complexity index is 908. The topological polar surface area (TPSA) is 54.3 Å². The van der Waals surface area contributed by atoms with Crippen molar-refractivity contribution in [3.8, 4) is 0 Å². The zero-order valence-electron chi connectivity index (χ0n) is 17.3. The standard InChI is InChI=1S/C21H29N5OS/c1-6-24(7-2)12-13-25(21-22-17-10-8-9-11-19(17)28-21)20(27)18-14-16(5)26(23-18)15(3)4/h8-11,14-15H,6-7,12-13H2,1-5H3. The molecule has 0 aliphatic rings. The number of thiazole rings is 1. The number of hydrogen-bond donors (Lipinski definition) is 0. The molecular formula is C21H29N5OS. The van der Waals surface area contributed by atoms with Crippen LogP contribution in [0.2, 0.25) is 0 Å².